The van der Waals surface area contributed by atoms with Crippen LogP contribution in [0, 0.1) is 0 Å². The van der Waals surface area contributed by atoms with Gasteiger partial charge in [0, 0.05) is 0 Å². The van der Waals surface area contributed by atoms with Gasteiger partial charge in [0.05, 0.1) is 0 Å². The van der Waals surface area contributed by atoms with Crippen LogP contribution in [0.2, 0.25) is 3.43 Å². The molecule has 150 valence electrons. The van der Waals surface area contributed by atoms with Gasteiger partial charge in [0.1, 0.15) is 0 Å². The van der Waals surface area contributed by atoms with Crippen molar-refractivity contribution in [3.63, 3.8) is 0 Å². The van der Waals surface area contributed by atoms with Crippen molar-refractivity contribution < 1.29 is 13.2 Å². The molecular formula is C21H31F3N2Sn. The molecule has 27 heavy (non-hydrogen) atoms. The molecule has 0 amide bonds. The number of imidazole rings is 1. The number of halogens is 3. The summed E-state index contributed by atoms with van der Waals surface area (Å²) in [5.41, 5.74) is -0.203. The number of aromatic nitrogens is 2. The Morgan fingerprint density at radius 1 is 0.926 bits per heavy atom. The molecule has 0 unspecified atom stereocenters. The fraction of sp³-hybridized carbons (Fsp3) is 0.667. The molecule has 0 aliphatic carbocycles. The summed E-state index contributed by atoms with van der Waals surface area (Å²) in [6, 6.07) is 5.25. The summed E-state index contributed by atoms with van der Waals surface area (Å²) in [5.74, 6) is 0. The molecule has 0 fully saturated rings. The zero-order valence-corrected chi connectivity index (χ0v) is 19.6. The molecule has 0 N–H and O–H groups in total. The maximum absolute atomic E-state index is 13.8. The monoisotopic (exact) mass is 488 g/mol. The van der Waals surface area contributed by atoms with E-state index >= 15 is 0 Å². The van der Waals surface area contributed by atoms with Crippen LogP contribution in [0.3, 0.4) is 0 Å². The molecule has 0 saturated heterocycles. The van der Waals surface area contributed by atoms with Gasteiger partial charge >= 0.3 is 171 Å². The van der Waals surface area contributed by atoms with E-state index in [1.807, 2.05) is 6.07 Å². The third kappa shape index (κ3) is 5.88. The Morgan fingerprint density at radius 3 is 1.96 bits per heavy atom. The van der Waals surface area contributed by atoms with Crippen molar-refractivity contribution in [1.82, 2.24) is 9.38 Å². The number of pyridine rings is 1. The summed E-state index contributed by atoms with van der Waals surface area (Å²) in [6.45, 7) is 6.51. The number of alkyl halides is 3. The number of hydrogen-bond acceptors (Lipinski definition) is 1. The van der Waals surface area contributed by atoms with Crippen LogP contribution in [0.15, 0.2) is 24.4 Å². The quantitative estimate of drug-likeness (QED) is 0.335. The Labute approximate surface area is 171 Å². The minimum absolute atomic E-state index is 0.0944. The summed E-state index contributed by atoms with van der Waals surface area (Å²) < 4.78 is 43.6. The average molecular weight is 487 g/mol. The molecular weight excluding hydrogens is 456 g/mol. The van der Waals surface area contributed by atoms with Gasteiger partial charge in [-0.25, -0.2) is 0 Å². The molecule has 0 aliphatic heterocycles. The van der Waals surface area contributed by atoms with Gasteiger partial charge in [0.25, 0.3) is 0 Å². The topological polar surface area (TPSA) is 17.3 Å². The van der Waals surface area contributed by atoms with Crippen molar-refractivity contribution in [3.8, 4) is 0 Å². The molecule has 2 heterocycles. The van der Waals surface area contributed by atoms with Crippen LogP contribution in [-0.4, -0.2) is 30.5 Å². The first kappa shape index (κ1) is 22.6. The average Bonchev–Trinajstić information content (AvgIpc) is 3.01. The zero-order valence-electron chi connectivity index (χ0n) is 16.7. The molecule has 2 aromatic heterocycles. The Balaban J connectivity index is 2.51. The number of fused-ring (bicyclic) bond motifs is 1. The van der Waals surface area contributed by atoms with E-state index in [-0.39, 0.29) is 3.43 Å². The van der Waals surface area contributed by atoms with Gasteiger partial charge in [-0.05, 0) is 0 Å². The molecule has 0 saturated carbocycles. The molecule has 2 radical (unpaired) electrons. The van der Waals surface area contributed by atoms with E-state index in [1.165, 1.54) is 0 Å². The van der Waals surface area contributed by atoms with Crippen LogP contribution in [0.25, 0.3) is 5.65 Å². The molecule has 2 rings (SSSR count). The van der Waals surface area contributed by atoms with Crippen molar-refractivity contribution in [2.75, 3.05) is 0 Å². The van der Waals surface area contributed by atoms with Crippen molar-refractivity contribution in [2.45, 2.75) is 88.2 Å². The summed E-state index contributed by atoms with van der Waals surface area (Å²) >= 11 is -1.54. The second kappa shape index (κ2) is 10.2. The second-order valence-electron chi connectivity index (χ2n) is 7.45. The Bertz CT molecular complexity index is 687. The second-order valence-corrected chi connectivity index (χ2v) is 12.5. The molecule has 0 atom stereocenters. The van der Waals surface area contributed by atoms with E-state index in [1.54, 1.807) is 22.7 Å². The van der Waals surface area contributed by atoms with Gasteiger partial charge in [-0.15, -0.1) is 0 Å². The van der Waals surface area contributed by atoms with Crippen LogP contribution in [0.1, 0.15) is 84.3 Å². The van der Waals surface area contributed by atoms with Crippen molar-refractivity contribution >= 4 is 30.5 Å². The van der Waals surface area contributed by atoms with Gasteiger partial charge < -0.3 is 0 Å². The van der Waals surface area contributed by atoms with Crippen molar-refractivity contribution in [1.29, 1.82) is 0 Å². The molecule has 0 bridgehead atoms. The first-order valence-electron chi connectivity index (χ1n) is 10.2. The molecule has 2 nitrogen and oxygen atoms in total. The third-order valence-corrected chi connectivity index (χ3v) is 10.9. The fourth-order valence-electron chi connectivity index (χ4n) is 3.67. The van der Waals surface area contributed by atoms with Crippen molar-refractivity contribution in [2.24, 2.45) is 0 Å². The van der Waals surface area contributed by atoms with Gasteiger partial charge in [0.2, 0.25) is 0 Å². The number of unbranched alkanes of at least 4 members (excludes halogenated alkanes) is 3. The predicted octanol–water partition coefficient (Wildman–Crippen LogP) is 6.41. The minimum atomic E-state index is -4.38. The maximum atomic E-state index is 13.8. The van der Waals surface area contributed by atoms with Crippen LogP contribution >= 0.6 is 0 Å². The van der Waals surface area contributed by atoms with Gasteiger partial charge in [-0.1, -0.05) is 0 Å². The first-order valence-corrected chi connectivity index (χ1v) is 13.0. The van der Waals surface area contributed by atoms with E-state index in [0.717, 1.165) is 57.8 Å². The number of nitrogens with zero attached hydrogens (tertiary/aromatic N) is 2. The van der Waals surface area contributed by atoms with Crippen LogP contribution in [0.4, 0.5) is 13.2 Å². The Hall–Kier alpha value is -0.721. The number of rotatable bonds is 11. The molecule has 6 heteroatoms. The van der Waals surface area contributed by atoms with Crippen LogP contribution < -0.4 is 3.71 Å². The van der Waals surface area contributed by atoms with E-state index in [9.17, 15) is 13.2 Å². The van der Waals surface area contributed by atoms with Crippen molar-refractivity contribution in [3.05, 3.63) is 30.1 Å². The predicted molar refractivity (Wildman–Crippen MR) is 107 cm³/mol. The summed E-state index contributed by atoms with van der Waals surface area (Å²) in [5, 5.41) is 0. The fourth-order valence-corrected chi connectivity index (χ4v) is 9.48. The van der Waals surface area contributed by atoms with Gasteiger partial charge in [-0.2, -0.15) is 0 Å². The van der Waals surface area contributed by atoms with Crippen LogP contribution in [-0.2, 0) is 6.18 Å². The summed E-state index contributed by atoms with van der Waals surface area (Å²) in [4.78, 5) is 3.99. The van der Waals surface area contributed by atoms with Gasteiger partial charge in [-0.3, -0.25) is 0 Å². The molecule has 0 spiro atoms. The zero-order chi connectivity index (χ0) is 19.9. The third-order valence-electron chi connectivity index (χ3n) is 5.21. The van der Waals surface area contributed by atoms with Gasteiger partial charge in [0.15, 0.2) is 0 Å². The Kier molecular flexibility index (Phi) is 8.50. The molecule has 2 aromatic rings. The van der Waals surface area contributed by atoms with E-state index < -0.39 is 33.0 Å². The summed E-state index contributed by atoms with van der Waals surface area (Å²) in [7, 11) is 0. The van der Waals surface area contributed by atoms with E-state index in [4.69, 9.17) is 0 Å². The standard InChI is InChI=1S/C13H27.C8H4F3N2.Sn/c1-4-7-10-13(11-8-5-2)12-9-6-3;9-8(10,11)6-5-13-4-2-1-3-7(13)12-6;/h4-12H2,1-3H3;1-4H;. The molecule has 0 aromatic carbocycles. The summed E-state index contributed by atoms with van der Waals surface area (Å²) in [6.07, 6.45) is 7.17. The number of hydrogen-bond donors (Lipinski definition) is 0. The van der Waals surface area contributed by atoms with E-state index in [2.05, 4.69) is 25.8 Å². The Morgan fingerprint density at radius 2 is 1.48 bits per heavy atom. The SMILES string of the molecule is CCCC[C](CCCC)(CCCC)[Sn][c]1c(C(F)(F)F)nc2ccccn12. The normalized spacial score (nSPS) is 12.8. The molecule has 0 aliphatic rings. The first-order chi connectivity index (χ1) is 12.9. The van der Waals surface area contributed by atoms with E-state index in [0.29, 0.717) is 9.36 Å². The van der Waals surface area contributed by atoms with Crippen LogP contribution in [0.5, 0.6) is 0 Å².